The first-order valence-electron chi connectivity index (χ1n) is 19.1. The SMILES string of the molecule is C[C@H](CCC[C@@H](C)[C@H]1CC[C@H]2C3=CC=C4C(C)(C)C(O[Si](C)(C)C(C)(C)C)CC[C@]4(C)[C@H]3CC[C@]12C)CO[Si](C)(C)C(C)(C)C. The standard InChI is InChI=1S/C41H76O2Si2/c1-29(28-42-44(13,14)37(3,4)5)18-17-19-30(2)32-21-22-33-31-20-23-35-39(9,10)36(43-45(15,16)38(6,7)8)25-27-41(35,12)34(31)24-26-40(32,33)11/h20,23,29-30,32-34,36H,17-19,21-22,24-28H2,1-16H3/t29-,30-,32-,33+,34+,36?,40-,41-/m1/s1. The molecule has 3 fully saturated rings. The van der Waals surface area contributed by atoms with Gasteiger partial charge in [0.25, 0.3) is 0 Å². The first-order chi connectivity index (χ1) is 20.4. The highest BCUT2D eigenvalue weighted by molar-refractivity contribution is 6.74. The molecule has 0 amide bonds. The fourth-order valence-electron chi connectivity index (χ4n) is 10.1. The van der Waals surface area contributed by atoms with Crippen LogP contribution in [0.15, 0.2) is 23.3 Å². The van der Waals surface area contributed by atoms with Gasteiger partial charge in [-0.2, -0.15) is 0 Å². The Bertz CT molecular complexity index is 1120. The summed E-state index contributed by atoms with van der Waals surface area (Å²) in [4.78, 5) is 0. The molecule has 4 rings (SSSR count). The van der Waals surface area contributed by atoms with E-state index in [-0.39, 0.29) is 15.9 Å². The molecule has 0 aromatic rings. The molecule has 8 atom stereocenters. The van der Waals surface area contributed by atoms with Crippen LogP contribution in [0.1, 0.15) is 141 Å². The number of fused-ring (bicyclic) bond motifs is 5. The lowest BCUT2D eigenvalue weighted by molar-refractivity contribution is -0.0113. The van der Waals surface area contributed by atoms with Crippen molar-refractivity contribution in [2.45, 2.75) is 183 Å². The third-order valence-electron chi connectivity index (χ3n) is 15.3. The van der Waals surface area contributed by atoms with E-state index in [9.17, 15) is 0 Å². The first kappa shape index (κ1) is 37.6. The molecule has 0 saturated heterocycles. The van der Waals surface area contributed by atoms with Gasteiger partial charge in [0.2, 0.25) is 0 Å². The highest BCUT2D eigenvalue weighted by Gasteiger charge is 2.60. The molecule has 0 aliphatic heterocycles. The van der Waals surface area contributed by atoms with Crippen molar-refractivity contribution in [1.82, 2.24) is 0 Å². The summed E-state index contributed by atoms with van der Waals surface area (Å²) in [5.41, 5.74) is 4.37. The fraction of sp³-hybridized carbons (Fsp3) is 0.902. The van der Waals surface area contributed by atoms with Gasteiger partial charge in [0.15, 0.2) is 16.6 Å². The maximum atomic E-state index is 7.17. The zero-order valence-electron chi connectivity index (χ0n) is 33.0. The lowest BCUT2D eigenvalue weighted by atomic mass is 9.46. The molecule has 0 N–H and O–H groups in total. The molecular weight excluding hydrogens is 581 g/mol. The Kier molecular flexibility index (Phi) is 10.6. The van der Waals surface area contributed by atoms with Crippen LogP contribution < -0.4 is 0 Å². The molecule has 45 heavy (non-hydrogen) atoms. The van der Waals surface area contributed by atoms with Crippen LogP contribution in [-0.4, -0.2) is 29.3 Å². The molecule has 2 nitrogen and oxygen atoms in total. The first-order valence-corrected chi connectivity index (χ1v) is 24.9. The largest absolute Gasteiger partial charge is 0.417 e. The summed E-state index contributed by atoms with van der Waals surface area (Å²) in [6, 6.07) is 0. The lowest BCUT2D eigenvalue weighted by Crippen LogP contribution is -2.55. The molecule has 0 radical (unpaired) electrons. The minimum absolute atomic E-state index is 0.0882. The highest BCUT2D eigenvalue weighted by atomic mass is 28.4. The quantitative estimate of drug-likeness (QED) is 0.218. The second-order valence-corrected chi connectivity index (χ2v) is 30.3. The summed E-state index contributed by atoms with van der Waals surface area (Å²) >= 11 is 0. The molecule has 1 unspecified atom stereocenters. The van der Waals surface area contributed by atoms with Crippen LogP contribution in [0.5, 0.6) is 0 Å². The Morgan fingerprint density at radius 2 is 1.40 bits per heavy atom. The van der Waals surface area contributed by atoms with Crippen molar-refractivity contribution in [2.75, 3.05) is 6.61 Å². The van der Waals surface area contributed by atoms with E-state index in [1.165, 1.54) is 57.8 Å². The van der Waals surface area contributed by atoms with Crippen LogP contribution in [0.4, 0.5) is 0 Å². The predicted molar refractivity (Wildman–Crippen MR) is 202 cm³/mol. The van der Waals surface area contributed by atoms with Crippen LogP contribution in [0.3, 0.4) is 0 Å². The summed E-state index contributed by atoms with van der Waals surface area (Å²) in [5, 5.41) is 0.547. The Balaban J connectivity index is 1.42. The van der Waals surface area contributed by atoms with Gasteiger partial charge in [0, 0.05) is 12.0 Å². The molecule has 0 aromatic heterocycles. The van der Waals surface area contributed by atoms with E-state index in [1.54, 1.807) is 5.57 Å². The van der Waals surface area contributed by atoms with Gasteiger partial charge in [0.05, 0.1) is 6.10 Å². The van der Waals surface area contributed by atoms with Crippen molar-refractivity contribution in [3.63, 3.8) is 0 Å². The zero-order chi connectivity index (χ0) is 34.0. The highest BCUT2D eigenvalue weighted by Crippen LogP contribution is 2.68. The number of hydrogen-bond acceptors (Lipinski definition) is 2. The summed E-state index contributed by atoms with van der Waals surface area (Å²) in [5.74, 6) is 3.85. The number of rotatable bonds is 10. The van der Waals surface area contributed by atoms with Gasteiger partial charge in [-0.05, 0) is 122 Å². The smallest absolute Gasteiger partial charge is 0.192 e. The van der Waals surface area contributed by atoms with Gasteiger partial charge in [0.1, 0.15) is 0 Å². The van der Waals surface area contributed by atoms with E-state index in [1.807, 2.05) is 5.57 Å². The summed E-state index contributed by atoms with van der Waals surface area (Å²) in [7, 11) is -3.48. The van der Waals surface area contributed by atoms with E-state index in [0.717, 1.165) is 30.3 Å². The number of allylic oxidation sites excluding steroid dienone is 3. The van der Waals surface area contributed by atoms with Crippen molar-refractivity contribution in [3.05, 3.63) is 23.3 Å². The van der Waals surface area contributed by atoms with Crippen molar-refractivity contribution >= 4 is 16.6 Å². The van der Waals surface area contributed by atoms with Gasteiger partial charge < -0.3 is 8.85 Å². The van der Waals surface area contributed by atoms with E-state index in [4.69, 9.17) is 8.85 Å². The molecule has 0 bridgehead atoms. The van der Waals surface area contributed by atoms with Crippen molar-refractivity contribution in [2.24, 2.45) is 45.8 Å². The van der Waals surface area contributed by atoms with Crippen LogP contribution >= 0.6 is 0 Å². The number of hydrogen-bond donors (Lipinski definition) is 0. The van der Waals surface area contributed by atoms with E-state index in [0.29, 0.717) is 22.5 Å². The van der Waals surface area contributed by atoms with E-state index < -0.39 is 16.6 Å². The summed E-state index contributed by atoms with van der Waals surface area (Å²) in [6.07, 6.45) is 17.7. The molecule has 260 valence electrons. The molecule has 4 aliphatic carbocycles. The average molecular weight is 657 g/mol. The Morgan fingerprint density at radius 1 is 0.778 bits per heavy atom. The maximum Gasteiger partial charge on any atom is 0.192 e. The molecule has 4 aliphatic rings. The average Bonchev–Trinajstić information content (AvgIpc) is 3.25. The van der Waals surface area contributed by atoms with Gasteiger partial charge >= 0.3 is 0 Å². The van der Waals surface area contributed by atoms with Gasteiger partial charge in [-0.25, -0.2) is 0 Å². The molecular formula is C41H76O2Si2. The predicted octanol–water partition coefficient (Wildman–Crippen LogP) is 13.0. The lowest BCUT2D eigenvalue weighted by Gasteiger charge is -2.60. The van der Waals surface area contributed by atoms with Crippen molar-refractivity contribution in [3.8, 4) is 0 Å². The zero-order valence-corrected chi connectivity index (χ0v) is 35.0. The van der Waals surface area contributed by atoms with E-state index in [2.05, 4.69) is 121 Å². The summed E-state index contributed by atoms with van der Waals surface area (Å²) in [6.45, 7) is 40.2. The molecule has 3 saturated carbocycles. The molecule has 0 heterocycles. The Hall–Kier alpha value is -0.166. The maximum absolute atomic E-state index is 7.17. The monoisotopic (exact) mass is 657 g/mol. The summed E-state index contributed by atoms with van der Waals surface area (Å²) < 4.78 is 13.7. The fourth-order valence-corrected chi connectivity index (χ4v) is 12.7. The Morgan fingerprint density at radius 3 is 2.00 bits per heavy atom. The molecule has 4 heteroatoms. The third-order valence-corrected chi connectivity index (χ3v) is 24.2. The van der Waals surface area contributed by atoms with Gasteiger partial charge in [-0.1, -0.05) is 119 Å². The normalized spacial score (nSPS) is 35.1. The molecule has 0 aromatic carbocycles. The van der Waals surface area contributed by atoms with Crippen LogP contribution in [-0.2, 0) is 8.85 Å². The van der Waals surface area contributed by atoms with Gasteiger partial charge in [-0.15, -0.1) is 0 Å². The van der Waals surface area contributed by atoms with Crippen molar-refractivity contribution < 1.29 is 8.85 Å². The van der Waals surface area contributed by atoms with Crippen LogP contribution in [0.2, 0.25) is 36.3 Å². The Labute approximate surface area is 283 Å². The third kappa shape index (κ3) is 6.98. The molecule has 0 spiro atoms. The van der Waals surface area contributed by atoms with Crippen LogP contribution in [0.25, 0.3) is 0 Å². The minimum atomic E-state index is -1.83. The topological polar surface area (TPSA) is 18.5 Å². The van der Waals surface area contributed by atoms with Gasteiger partial charge in [-0.3, -0.25) is 0 Å². The second kappa shape index (κ2) is 12.6. The second-order valence-electron chi connectivity index (χ2n) is 20.7. The van der Waals surface area contributed by atoms with Crippen LogP contribution in [0, 0.1) is 45.8 Å². The van der Waals surface area contributed by atoms with Crippen molar-refractivity contribution in [1.29, 1.82) is 0 Å². The van der Waals surface area contributed by atoms with E-state index >= 15 is 0 Å². The minimum Gasteiger partial charge on any atom is -0.417 e.